The Bertz CT molecular complexity index is 1010. The molecule has 0 bridgehead atoms. The lowest BCUT2D eigenvalue weighted by molar-refractivity contribution is 0.313. The first kappa shape index (κ1) is 26.2. The molecule has 0 aliphatic carbocycles. The minimum atomic E-state index is 0.148. The molecule has 0 aromatic heterocycles. The van der Waals surface area contributed by atoms with Crippen molar-refractivity contribution in [2.75, 3.05) is 49.2 Å². The minimum Gasteiger partial charge on any atom is -0.463 e. The van der Waals surface area contributed by atoms with Crippen molar-refractivity contribution in [2.45, 2.75) is 46.2 Å². The third kappa shape index (κ3) is 7.80. The summed E-state index contributed by atoms with van der Waals surface area (Å²) in [5.41, 5.74) is 16.2. The molecule has 0 spiro atoms. The van der Waals surface area contributed by atoms with E-state index in [1.54, 1.807) is 0 Å². The molecule has 2 aromatic carbocycles. The van der Waals surface area contributed by atoms with Crippen molar-refractivity contribution in [3.05, 3.63) is 59.7 Å². The molecule has 2 atom stereocenters. The number of likely N-dealkylation sites (N-methyl/N-ethyl adjacent to an activating group) is 2. The van der Waals surface area contributed by atoms with E-state index >= 15 is 0 Å². The summed E-state index contributed by atoms with van der Waals surface area (Å²) in [4.78, 5) is 13.1. The smallest absolute Gasteiger partial charge is 0.282 e. The summed E-state index contributed by atoms with van der Waals surface area (Å²) in [5, 5.41) is 0. The van der Waals surface area contributed by atoms with Crippen molar-refractivity contribution in [3.8, 4) is 0 Å². The molecule has 8 heteroatoms. The van der Waals surface area contributed by atoms with Crippen molar-refractivity contribution in [1.82, 2.24) is 0 Å². The van der Waals surface area contributed by atoms with Gasteiger partial charge in [-0.15, -0.1) is 0 Å². The Morgan fingerprint density at radius 3 is 1.74 bits per heavy atom. The molecular formula is C27H40N6O2. The van der Waals surface area contributed by atoms with Crippen LogP contribution in [0, 0.1) is 6.92 Å². The van der Waals surface area contributed by atoms with Crippen LogP contribution in [0.25, 0.3) is 0 Å². The fourth-order valence-corrected chi connectivity index (χ4v) is 4.20. The van der Waals surface area contributed by atoms with E-state index in [2.05, 4.69) is 96.0 Å². The Kier molecular flexibility index (Phi) is 9.64. The van der Waals surface area contributed by atoms with Gasteiger partial charge < -0.3 is 30.7 Å². The number of rotatable bonds is 9. The Hall–Kier alpha value is -3.42. The fourth-order valence-electron chi connectivity index (χ4n) is 4.20. The maximum atomic E-state index is 5.54. The quantitative estimate of drug-likeness (QED) is 0.571. The summed E-state index contributed by atoms with van der Waals surface area (Å²) in [7, 11) is 0. The Labute approximate surface area is 209 Å². The molecule has 0 fully saturated rings. The average Bonchev–Trinajstić information content (AvgIpc) is 3.48. The molecule has 0 unspecified atom stereocenters. The Morgan fingerprint density at radius 1 is 0.800 bits per heavy atom. The largest absolute Gasteiger partial charge is 0.463 e. The van der Waals surface area contributed by atoms with Gasteiger partial charge in [0, 0.05) is 37.6 Å². The monoisotopic (exact) mass is 480 g/mol. The normalized spacial score (nSPS) is 18.5. The van der Waals surface area contributed by atoms with Crippen LogP contribution >= 0.6 is 0 Å². The van der Waals surface area contributed by atoms with Gasteiger partial charge in [0.05, 0.1) is 0 Å². The molecule has 2 aliphatic rings. The molecule has 0 saturated carbocycles. The number of nitrogens with two attached hydrogens (primary N) is 2. The second kappa shape index (κ2) is 12.9. The first-order valence-electron chi connectivity index (χ1n) is 12.5. The maximum Gasteiger partial charge on any atom is 0.282 e. The fraction of sp³-hybridized carbons (Fsp3) is 0.481. The average molecular weight is 481 g/mol. The summed E-state index contributed by atoms with van der Waals surface area (Å²) >= 11 is 0. The van der Waals surface area contributed by atoms with Gasteiger partial charge in [0.1, 0.15) is 25.3 Å². The van der Waals surface area contributed by atoms with Gasteiger partial charge in [-0.1, -0.05) is 31.2 Å². The Balaban J connectivity index is 0.000000196. The predicted octanol–water partition coefficient (Wildman–Crippen LogP) is 3.32. The summed E-state index contributed by atoms with van der Waals surface area (Å²) in [6.07, 6.45) is 1.06. The lowest BCUT2D eigenvalue weighted by atomic mass is 10.1. The van der Waals surface area contributed by atoms with Crippen LogP contribution in [-0.4, -0.2) is 63.5 Å². The topological polar surface area (TPSA) is 102 Å². The number of ether oxygens (including phenoxy) is 2. The molecule has 0 amide bonds. The van der Waals surface area contributed by atoms with Crippen LogP contribution < -0.4 is 21.3 Å². The highest BCUT2D eigenvalue weighted by atomic mass is 16.5. The van der Waals surface area contributed by atoms with Crippen LogP contribution in [0.5, 0.6) is 0 Å². The van der Waals surface area contributed by atoms with Crippen LogP contribution in [0.15, 0.2) is 58.5 Å². The first-order chi connectivity index (χ1) is 16.9. The number of anilines is 2. The number of nitrogens with zero attached hydrogens (tertiary/aromatic N) is 4. The van der Waals surface area contributed by atoms with E-state index in [1.165, 1.54) is 22.5 Å². The van der Waals surface area contributed by atoms with Crippen LogP contribution in [0.3, 0.4) is 0 Å². The van der Waals surface area contributed by atoms with E-state index in [1.807, 2.05) is 0 Å². The van der Waals surface area contributed by atoms with Gasteiger partial charge in [0.2, 0.25) is 0 Å². The minimum absolute atomic E-state index is 0.148. The SMILES string of the molecule is CCN(C[C@H]1COC(N)=N1)c1cccc(C)c1.CCc1cccc(N(CC)C[C@H]2COC(N)=N2)c1. The number of hydrogen-bond donors (Lipinski definition) is 2. The molecule has 2 aliphatic heterocycles. The van der Waals surface area contributed by atoms with Crippen LogP contribution in [-0.2, 0) is 15.9 Å². The molecule has 4 rings (SSSR count). The molecule has 2 aromatic rings. The summed E-state index contributed by atoms with van der Waals surface area (Å²) in [5.74, 6) is 0. The third-order valence-corrected chi connectivity index (χ3v) is 6.14. The van der Waals surface area contributed by atoms with E-state index in [-0.39, 0.29) is 12.1 Å². The van der Waals surface area contributed by atoms with Crippen LogP contribution in [0.4, 0.5) is 11.4 Å². The number of benzene rings is 2. The second-order valence-corrected chi connectivity index (χ2v) is 8.80. The predicted molar refractivity (Wildman–Crippen MR) is 145 cm³/mol. The lowest BCUT2D eigenvalue weighted by Crippen LogP contribution is -2.32. The summed E-state index contributed by atoms with van der Waals surface area (Å²) in [6, 6.07) is 18.1. The van der Waals surface area contributed by atoms with Crippen LogP contribution in [0.1, 0.15) is 31.9 Å². The van der Waals surface area contributed by atoms with Gasteiger partial charge in [0.25, 0.3) is 12.0 Å². The maximum absolute atomic E-state index is 5.54. The Morgan fingerprint density at radius 2 is 1.31 bits per heavy atom. The standard InChI is InChI=1S/C14H21N3O.C13H19N3O/c1-3-11-6-5-7-13(8-11)17(4-2)9-12-10-18-14(15)16-12;1-3-16(8-11-9-17-13(14)15-11)12-6-4-5-10(2)7-12/h5-8,12H,3-4,9-10H2,1-2H3,(H2,15,16);4-7,11H,3,8-9H2,1-2H3,(H2,14,15)/t12-;11-/m00/s1. The highest BCUT2D eigenvalue weighted by Crippen LogP contribution is 2.19. The zero-order valence-corrected chi connectivity index (χ0v) is 21.5. The van der Waals surface area contributed by atoms with Crippen LogP contribution in [0.2, 0.25) is 0 Å². The van der Waals surface area contributed by atoms with Gasteiger partial charge in [-0.2, -0.15) is 0 Å². The zero-order chi connectivity index (χ0) is 25.2. The van der Waals surface area contributed by atoms with Crippen molar-refractivity contribution in [3.63, 3.8) is 0 Å². The highest BCUT2D eigenvalue weighted by molar-refractivity contribution is 5.73. The zero-order valence-electron chi connectivity index (χ0n) is 21.5. The highest BCUT2D eigenvalue weighted by Gasteiger charge is 2.20. The van der Waals surface area contributed by atoms with E-state index in [9.17, 15) is 0 Å². The van der Waals surface area contributed by atoms with Gasteiger partial charge in [0.15, 0.2) is 0 Å². The van der Waals surface area contributed by atoms with Gasteiger partial charge >= 0.3 is 0 Å². The molecule has 8 nitrogen and oxygen atoms in total. The van der Waals surface area contributed by atoms with Gasteiger partial charge in [-0.05, 0) is 62.6 Å². The number of aliphatic imine (C=N–C) groups is 2. The van der Waals surface area contributed by atoms with Crippen molar-refractivity contribution >= 4 is 23.4 Å². The van der Waals surface area contributed by atoms with E-state index in [0.717, 1.165) is 32.6 Å². The number of aryl methyl sites for hydroxylation is 2. The lowest BCUT2D eigenvalue weighted by Gasteiger charge is -2.25. The van der Waals surface area contributed by atoms with E-state index in [0.29, 0.717) is 25.3 Å². The summed E-state index contributed by atoms with van der Waals surface area (Å²) < 4.78 is 10.4. The molecule has 4 N–H and O–H groups in total. The third-order valence-electron chi connectivity index (χ3n) is 6.14. The molecule has 2 heterocycles. The first-order valence-corrected chi connectivity index (χ1v) is 12.5. The number of amidine groups is 2. The van der Waals surface area contributed by atoms with E-state index in [4.69, 9.17) is 20.9 Å². The molecule has 190 valence electrons. The van der Waals surface area contributed by atoms with Crippen molar-refractivity contribution < 1.29 is 9.47 Å². The molecule has 0 saturated heterocycles. The molecular weight excluding hydrogens is 440 g/mol. The van der Waals surface area contributed by atoms with Gasteiger partial charge in [-0.3, -0.25) is 0 Å². The van der Waals surface area contributed by atoms with Crippen molar-refractivity contribution in [2.24, 2.45) is 21.5 Å². The summed E-state index contributed by atoms with van der Waals surface area (Å²) in [6.45, 7) is 13.4. The van der Waals surface area contributed by atoms with E-state index < -0.39 is 0 Å². The molecule has 35 heavy (non-hydrogen) atoms. The second-order valence-electron chi connectivity index (χ2n) is 8.80. The molecule has 0 radical (unpaired) electrons. The number of hydrogen-bond acceptors (Lipinski definition) is 8. The van der Waals surface area contributed by atoms with Crippen molar-refractivity contribution in [1.29, 1.82) is 0 Å². The van der Waals surface area contributed by atoms with Gasteiger partial charge in [-0.25, -0.2) is 9.98 Å².